The molecule has 32 heavy (non-hydrogen) atoms. The number of aryl methyl sites for hydroxylation is 1. The highest BCUT2D eigenvalue weighted by Crippen LogP contribution is 2.25. The third-order valence-electron chi connectivity index (χ3n) is 5.60. The van der Waals surface area contributed by atoms with Crippen LogP contribution in [0, 0.1) is 6.92 Å². The molecule has 4 aromatic rings. The predicted molar refractivity (Wildman–Crippen MR) is 120 cm³/mol. The fourth-order valence-corrected chi connectivity index (χ4v) is 3.97. The Bertz CT molecular complexity index is 1330. The molecule has 3 heterocycles. The summed E-state index contributed by atoms with van der Waals surface area (Å²) in [6, 6.07) is 8.32. The van der Waals surface area contributed by atoms with E-state index in [9.17, 15) is 9.59 Å². The number of amides is 1. The highest BCUT2D eigenvalue weighted by Gasteiger charge is 2.24. The Morgan fingerprint density at radius 1 is 1.19 bits per heavy atom. The van der Waals surface area contributed by atoms with Crippen LogP contribution in [-0.2, 0) is 11.2 Å². The van der Waals surface area contributed by atoms with Gasteiger partial charge in [-0.1, -0.05) is 13.0 Å². The van der Waals surface area contributed by atoms with Crippen LogP contribution in [0.5, 0.6) is 11.5 Å². The lowest BCUT2D eigenvalue weighted by molar-refractivity contribution is -0.124. The molecule has 1 amide bonds. The Balaban J connectivity index is 1.54. The second-order valence-electron chi connectivity index (χ2n) is 7.47. The van der Waals surface area contributed by atoms with Gasteiger partial charge in [-0.2, -0.15) is 5.10 Å². The van der Waals surface area contributed by atoms with Gasteiger partial charge in [0.05, 0.1) is 26.0 Å². The molecule has 0 aliphatic heterocycles. The molecule has 0 spiro atoms. The molecule has 1 aromatic carbocycles. The largest absolute Gasteiger partial charge is 0.497 e. The predicted octanol–water partition coefficient (Wildman–Crippen LogP) is 2.88. The van der Waals surface area contributed by atoms with Crippen molar-refractivity contribution in [2.75, 3.05) is 20.8 Å². The van der Waals surface area contributed by atoms with Crippen LogP contribution in [-0.4, -0.2) is 40.9 Å². The first-order chi connectivity index (χ1) is 15.5. The van der Waals surface area contributed by atoms with E-state index in [2.05, 4.69) is 10.4 Å². The number of hydrogen-bond acceptors (Lipinski definition) is 6. The molecule has 0 radical (unpaired) electrons. The first-order valence-corrected chi connectivity index (χ1v) is 10.4. The molecule has 4 rings (SSSR count). The third kappa shape index (κ3) is 3.70. The molecule has 0 aliphatic rings. The summed E-state index contributed by atoms with van der Waals surface area (Å²) in [4.78, 5) is 26.1. The van der Waals surface area contributed by atoms with Gasteiger partial charge in [0.15, 0.2) is 5.58 Å². The van der Waals surface area contributed by atoms with Crippen molar-refractivity contribution >= 4 is 22.5 Å². The van der Waals surface area contributed by atoms with Crippen molar-refractivity contribution in [3.63, 3.8) is 0 Å². The summed E-state index contributed by atoms with van der Waals surface area (Å²) in [6.45, 7) is 4.05. The highest BCUT2D eigenvalue weighted by atomic mass is 16.5. The number of methoxy groups -OCH3 is 2. The first kappa shape index (κ1) is 21.5. The van der Waals surface area contributed by atoms with E-state index >= 15 is 0 Å². The SMILES string of the molecule is CC[C@@H](C(=O)NCCc1ccc(OC)cc1OC)n1nc(C)n2c(cc3occc32)c1=O. The fraction of sp³-hybridized carbons (Fsp3) is 0.348. The van der Waals surface area contributed by atoms with Crippen molar-refractivity contribution in [2.45, 2.75) is 32.7 Å². The molecule has 0 unspecified atom stereocenters. The van der Waals surface area contributed by atoms with Gasteiger partial charge in [0, 0.05) is 24.7 Å². The van der Waals surface area contributed by atoms with E-state index in [1.807, 2.05) is 19.1 Å². The van der Waals surface area contributed by atoms with Crippen LogP contribution >= 0.6 is 0 Å². The maximum Gasteiger partial charge on any atom is 0.291 e. The lowest BCUT2D eigenvalue weighted by atomic mass is 10.1. The quantitative estimate of drug-likeness (QED) is 0.454. The Morgan fingerprint density at radius 2 is 2.00 bits per heavy atom. The molecule has 3 aromatic heterocycles. The summed E-state index contributed by atoms with van der Waals surface area (Å²) in [7, 11) is 3.19. The van der Waals surface area contributed by atoms with Crippen molar-refractivity contribution in [1.29, 1.82) is 0 Å². The molecule has 1 atom stereocenters. The van der Waals surface area contributed by atoms with Crippen LogP contribution in [0.2, 0.25) is 0 Å². The van der Waals surface area contributed by atoms with Crippen molar-refractivity contribution in [1.82, 2.24) is 19.5 Å². The minimum atomic E-state index is -0.717. The average molecular weight is 438 g/mol. The van der Waals surface area contributed by atoms with Crippen molar-refractivity contribution in [3.05, 3.63) is 58.3 Å². The van der Waals surface area contributed by atoms with Gasteiger partial charge in [0.2, 0.25) is 5.91 Å². The van der Waals surface area contributed by atoms with E-state index in [0.29, 0.717) is 47.8 Å². The van der Waals surface area contributed by atoms with Crippen molar-refractivity contribution in [2.24, 2.45) is 0 Å². The van der Waals surface area contributed by atoms with Gasteiger partial charge in [0.1, 0.15) is 28.9 Å². The smallest absolute Gasteiger partial charge is 0.291 e. The van der Waals surface area contributed by atoms with Gasteiger partial charge in [-0.3, -0.25) is 14.0 Å². The minimum Gasteiger partial charge on any atom is -0.497 e. The third-order valence-corrected chi connectivity index (χ3v) is 5.60. The standard InChI is InChI=1S/C23H26N4O5/c1-5-17(22(28)24-10-8-15-6-7-16(30-3)12-20(15)31-4)27-23(29)19-13-21-18(9-11-32-21)26(19)14(2)25-27/h6-7,9,11-13,17H,5,8,10H2,1-4H3,(H,24,28)/t17-/m0/s1. The Morgan fingerprint density at radius 3 is 2.72 bits per heavy atom. The fourth-order valence-electron chi connectivity index (χ4n) is 3.97. The summed E-state index contributed by atoms with van der Waals surface area (Å²) < 4.78 is 19.1. The number of furan rings is 1. The molecule has 0 bridgehead atoms. The zero-order chi connectivity index (χ0) is 22.8. The molecule has 0 saturated heterocycles. The second-order valence-corrected chi connectivity index (χ2v) is 7.47. The molecular weight excluding hydrogens is 412 g/mol. The monoisotopic (exact) mass is 438 g/mol. The van der Waals surface area contributed by atoms with Gasteiger partial charge >= 0.3 is 0 Å². The Kier molecular flexibility index (Phi) is 5.89. The lowest BCUT2D eigenvalue weighted by Gasteiger charge is -2.18. The minimum absolute atomic E-state index is 0.256. The number of carbonyl (C=O) groups excluding carboxylic acids is 1. The zero-order valence-corrected chi connectivity index (χ0v) is 18.5. The topological polar surface area (TPSA) is 100 Å². The second kappa shape index (κ2) is 8.78. The Labute approximate surface area is 184 Å². The van der Waals surface area contributed by atoms with Crippen molar-refractivity contribution < 1.29 is 18.7 Å². The van der Waals surface area contributed by atoms with E-state index in [1.54, 1.807) is 50.0 Å². The summed E-state index contributed by atoms with van der Waals surface area (Å²) in [5.74, 6) is 1.75. The molecule has 0 aliphatic carbocycles. The average Bonchev–Trinajstić information content (AvgIpc) is 3.39. The normalized spacial score (nSPS) is 12.2. The van der Waals surface area contributed by atoms with E-state index in [0.717, 1.165) is 11.1 Å². The molecule has 9 nitrogen and oxygen atoms in total. The maximum atomic E-state index is 13.1. The van der Waals surface area contributed by atoms with Gasteiger partial charge in [-0.25, -0.2) is 4.68 Å². The van der Waals surface area contributed by atoms with Gasteiger partial charge in [-0.15, -0.1) is 0 Å². The highest BCUT2D eigenvalue weighted by molar-refractivity contribution is 5.83. The summed E-state index contributed by atoms with van der Waals surface area (Å²) in [6.07, 6.45) is 2.57. The summed E-state index contributed by atoms with van der Waals surface area (Å²) in [5.41, 5.74) is 2.43. The molecule has 1 N–H and O–H groups in total. The van der Waals surface area contributed by atoms with Crippen LogP contribution in [0.15, 0.2) is 45.8 Å². The number of nitrogens with zero attached hydrogens (tertiary/aromatic N) is 3. The molecule has 168 valence electrons. The van der Waals surface area contributed by atoms with E-state index in [1.165, 1.54) is 4.68 Å². The van der Waals surface area contributed by atoms with Gasteiger partial charge < -0.3 is 19.2 Å². The van der Waals surface area contributed by atoms with E-state index in [4.69, 9.17) is 13.9 Å². The van der Waals surface area contributed by atoms with E-state index in [-0.39, 0.29) is 11.5 Å². The Hall–Kier alpha value is -3.75. The van der Waals surface area contributed by atoms with E-state index < -0.39 is 6.04 Å². The number of nitrogens with one attached hydrogen (secondary N) is 1. The van der Waals surface area contributed by atoms with Gasteiger partial charge in [0.25, 0.3) is 5.56 Å². The number of carbonyl (C=O) groups is 1. The maximum absolute atomic E-state index is 13.1. The number of ether oxygens (including phenoxy) is 2. The number of aromatic nitrogens is 3. The van der Waals surface area contributed by atoms with Crippen LogP contribution in [0.1, 0.15) is 30.8 Å². The van der Waals surface area contributed by atoms with Crippen LogP contribution in [0.4, 0.5) is 0 Å². The first-order valence-electron chi connectivity index (χ1n) is 10.4. The molecular formula is C23H26N4O5. The zero-order valence-electron chi connectivity index (χ0n) is 18.5. The lowest BCUT2D eigenvalue weighted by Crippen LogP contribution is -2.40. The summed E-state index contributed by atoms with van der Waals surface area (Å²) in [5, 5.41) is 7.36. The molecule has 9 heteroatoms. The van der Waals surface area contributed by atoms with Crippen LogP contribution in [0.3, 0.4) is 0 Å². The summed E-state index contributed by atoms with van der Waals surface area (Å²) >= 11 is 0. The van der Waals surface area contributed by atoms with Crippen LogP contribution in [0.25, 0.3) is 16.6 Å². The number of hydrogen-bond donors (Lipinski definition) is 1. The molecule has 0 saturated carbocycles. The van der Waals surface area contributed by atoms with Crippen LogP contribution < -0.4 is 20.3 Å². The number of fused-ring (bicyclic) bond motifs is 3. The van der Waals surface area contributed by atoms with Gasteiger partial charge in [-0.05, 0) is 31.4 Å². The van der Waals surface area contributed by atoms with Crippen molar-refractivity contribution in [3.8, 4) is 11.5 Å². The number of rotatable bonds is 8. The molecule has 0 fully saturated rings. The number of benzene rings is 1.